The molecule has 0 atom stereocenters. The minimum atomic E-state index is 0.457. The molecule has 0 aromatic carbocycles. The van der Waals surface area contributed by atoms with Gasteiger partial charge in [0.15, 0.2) is 0 Å². The van der Waals surface area contributed by atoms with Crippen molar-refractivity contribution >= 4 is 0 Å². The van der Waals surface area contributed by atoms with E-state index in [2.05, 4.69) is 29.1 Å². The van der Waals surface area contributed by atoms with Gasteiger partial charge in [0.1, 0.15) is 0 Å². The van der Waals surface area contributed by atoms with E-state index >= 15 is 0 Å². The zero-order valence-electron chi connectivity index (χ0n) is 12.7. The fourth-order valence-electron chi connectivity index (χ4n) is 2.13. The lowest BCUT2D eigenvalue weighted by Crippen LogP contribution is -2.23. The predicted molar refractivity (Wildman–Crippen MR) is 77.8 cm³/mol. The molecule has 1 saturated heterocycles. The molecule has 5 nitrogen and oxygen atoms in total. The largest absolute Gasteiger partial charge is 0.463 e. The normalized spacial score (nSPS) is 16.6. The number of aryl methyl sites for hydroxylation is 1. The molecule has 20 heavy (non-hydrogen) atoms. The Hall–Kier alpha value is -1.20. The third kappa shape index (κ3) is 4.72. The Balaban J connectivity index is 1.84. The van der Waals surface area contributed by atoms with Gasteiger partial charge in [-0.2, -0.15) is 0 Å². The van der Waals surface area contributed by atoms with Crippen LogP contribution < -0.4 is 10.1 Å². The van der Waals surface area contributed by atoms with E-state index in [4.69, 9.17) is 9.47 Å². The van der Waals surface area contributed by atoms with Crippen LogP contribution in [0.2, 0.25) is 0 Å². The van der Waals surface area contributed by atoms with E-state index in [1.165, 1.54) is 0 Å². The summed E-state index contributed by atoms with van der Waals surface area (Å²) in [4.78, 5) is 8.73. The van der Waals surface area contributed by atoms with Gasteiger partial charge in [-0.15, -0.1) is 0 Å². The molecule has 0 saturated carbocycles. The van der Waals surface area contributed by atoms with Crippen LogP contribution in [-0.4, -0.2) is 35.8 Å². The van der Waals surface area contributed by atoms with Gasteiger partial charge in [-0.3, -0.25) is 0 Å². The summed E-state index contributed by atoms with van der Waals surface area (Å²) in [5, 5.41) is 3.37. The van der Waals surface area contributed by atoms with Crippen molar-refractivity contribution < 1.29 is 9.47 Å². The molecule has 1 N–H and O–H groups in total. The quantitative estimate of drug-likeness (QED) is 0.864. The van der Waals surface area contributed by atoms with Gasteiger partial charge in [-0.1, -0.05) is 13.8 Å². The van der Waals surface area contributed by atoms with Gasteiger partial charge in [0.25, 0.3) is 0 Å². The van der Waals surface area contributed by atoms with Gasteiger partial charge in [-0.25, -0.2) is 9.97 Å². The van der Waals surface area contributed by atoms with Gasteiger partial charge in [0.05, 0.1) is 6.61 Å². The highest BCUT2D eigenvalue weighted by Gasteiger charge is 2.15. The van der Waals surface area contributed by atoms with Crippen molar-refractivity contribution in [2.75, 3.05) is 19.8 Å². The number of hydrogen-bond acceptors (Lipinski definition) is 5. The molecular formula is C15H25N3O2. The number of rotatable bonds is 6. The first kappa shape index (κ1) is 15.2. The van der Waals surface area contributed by atoms with Crippen LogP contribution in [0.15, 0.2) is 6.20 Å². The molecule has 1 aromatic rings. The molecular weight excluding hydrogens is 254 g/mol. The highest BCUT2D eigenvalue weighted by molar-refractivity contribution is 5.17. The third-order valence-corrected chi connectivity index (χ3v) is 3.55. The Morgan fingerprint density at radius 1 is 1.40 bits per heavy atom. The molecule has 1 aliphatic rings. The van der Waals surface area contributed by atoms with Crippen LogP contribution in [0.5, 0.6) is 6.01 Å². The van der Waals surface area contributed by atoms with Gasteiger partial charge in [0, 0.05) is 43.3 Å². The van der Waals surface area contributed by atoms with Crippen molar-refractivity contribution in [1.29, 1.82) is 0 Å². The zero-order chi connectivity index (χ0) is 14.4. The van der Waals surface area contributed by atoms with Gasteiger partial charge in [0.2, 0.25) is 0 Å². The summed E-state index contributed by atoms with van der Waals surface area (Å²) in [5.41, 5.74) is 2.10. The summed E-state index contributed by atoms with van der Waals surface area (Å²) in [6, 6.07) is 0.945. The number of aromatic nitrogens is 2. The molecule has 0 radical (unpaired) electrons. The fourth-order valence-corrected chi connectivity index (χ4v) is 2.13. The first-order chi connectivity index (χ1) is 9.65. The average Bonchev–Trinajstić information content (AvgIpc) is 2.45. The number of nitrogens with one attached hydrogen (secondary N) is 1. The Bertz CT molecular complexity index is 418. The monoisotopic (exact) mass is 279 g/mol. The van der Waals surface area contributed by atoms with Gasteiger partial charge in [-0.05, 0) is 25.7 Å². The number of ether oxygens (including phenoxy) is 2. The highest BCUT2D eigenvalue weighted by atomic mass is 16.5. The molecule has 2 heterocycles. The summed E-state index contributed by atoms with van der Waals surface area (Å²) in [7, 11) is 0. The number of nitrogens with zero attached hydrogens (tertiary/aromatic N) is 2. The molecule has 1 aliphatic heterocycles. The van der Waals surface area contributed by atoms with Crippen molar-refractivity contribution in [3.05, 3.63) is 17.5 Å². The average molecular weight is 279 g/mol. The van der Waals surface area contributed by atoms with Crippen LogP contribution in [0.3, 0.4) is 0 Å². The van der Waals surface area contributed by atoms with E-state index in [1.807, 2.05) is 13.1 Å². The standard InChI is InChI=1S/C15H25N3O2/c1-11(2)16-8-14-9-17-15(18-12(14)3)20-10-13-4-6-19-7-5-13/h9,11,13,16H,4-8,10H2,1-3H3. The molecule has 112 valence electrons. The third-order valence-electron chi connectivity index (χ3n) is 3.55. The molecule has 0 unspecified atom stereocenters. The molecule has 0 aliphatic carbocycles. The lowest BCUT2D eigenvalue weighted by molar-refractivity contribution is 0.0482. The molecule has 2 rings (SSSR count). The van der Waals surface area contributed by atoms with Crippen LogP contribution in [0.1, 0.15) is 37.9 Å². The first-order valence-corrected chi connectivity index (χ1v) is 7.41. The van der Waals surface area contributed by atoms with Crippen molar-refractivity contribution in [3.63, 3.8) is 0 Å². The van der Waals surface area contributed by atoms with Crippen molar-refractivity contribution in [3.8, 4) is 6.01 Å². The Labute approximate surface area is 121 Å². The van der Waals surface area contributed by atoms with E-state index in [9.17, 15) is 0 Å². The summed E-state index contributed by atoms with van der Waals surface area (Å²) >= 11 is 0. The van der Waals surface area contributed by atoms with E-state index in [-0.39, 0.29) is 0 Å². The maximum Gasteiger partial charge on any atom is 0.316 e. The van der Waals surface area contributed by atoms with Crippen LogP contribution >= 0.6 is 0 Å². The first-order valence-electron chi connectivity index (χ1n) is 7.41. The predicted octanol–water partition coefficient (Wildman–Crippen LogP) is 2.09. The second kappa shape index (κ2) is 7.55. The van der Waals surface area contributed by atoms with Crippen molar-refractivity contribution in [2.24, 2.45) is 5.92 Å². The van der Waals surface area contributed by atoms with Gasteiger partial charge >= 0.3 is 6.01 Å². The van der Waals surface area contributed by atoms with Crippen LogP contribution in [0, 0.1) is 12.8 Å². The summed E-state index contributed by atoms with van der Waals surface area (Å²) in [6.07, 6.45) is 3.99. The second-order valence-corrected chi connectivity index (χ2v) is 5.67. The maximum absolute atomic E-state index is 5.71. The van der Waals surface area contributed by atoms with Crippen LogP contribution in [0.4, 0.5) is 0 Å². The molecule has 5 heteroatoms. The smallest absolute Gasteiger partial charge is 0.316 e. The van der Waals surface area contributed by atoms with Crippen molar-refractivity contribution in [2.45, 2.75) is 46.2 Å². The van der Waals surface area contributed by atoms with E-state index in [1.54, 1.807) is 0 Å². The van der Waals surface area contributed by atoms with Crippen LogP contribution in [-0.2, 0) is 11.3 Å². The zero-order valence-corrected chi connectivity index (χ0v) is 12.7. The number of hydrogen-bond donors (Lipinski definition) is 1. The SMILES string of the molecule is Cc1nc(OCC2CCOCC2)ncc1CNC(C)C. The fraction of sp³-hybridized carbons (Fsp3) is 0.733. The maximum atomic E-state index is 5.71. The molecule has 1 fully saturated rings. The Morgan fingerprint density at radius 2 is 2.15 bits per heavy atom. The Morgan fingerprint density at radius 3 is 2.80 bits per heavy atom. The topological polar surface area (TPSA) is 56.3 Å². The minimum absolute atomic E-state index is 0.457. The van der Waals surface area contributed by atoms with Crippen molar-refractivity contribution in [1.82, 2.24) is 15.3 Å². The lowest BCUT2D eigenvalue weighted by Gasteiger charge is -2.21. The lowest BCUT2D eigenvalue weighted by atomic mass is 10.0. The highest BCUT2D eigenvalue weighted by Crippen LogP contribution is 2.16. The van der Waals surface area contributed by atoms with E-state index in [0.717, 1.165) is 43.9 Å². The summed E-state index contributed by atoms with van der Waals surface area (Å²) < 4.78 is 11.0. The van der Waals surface area contributed by atoms with E-state index in [0.29, 0.717) is 24.6 Å². The van der Waals surface area contributed by atoms with Crippen LogP contribution in [0.25, 0.3) is 0 Å². The minimum Gasteiger partial charge on any atom is -0.463 e. The van der Waals surface area contributed by atoms with Gasteiger partial charge < -0.3 is 14.8 Å². The molecule has 0 amide bonds. The molecule has 0 spiro atoms. The summed E-state index contributed by atoms with van der Waals surface area (Å²) in [6.45, 7) is 9.42. The molecule has 1 aromatic heterocycles. The van der Waals surface area contributed by atoms with E-state index < -0.39 is 0 Å². The molecule has 0 bridgehead atoms. The second-order valence-electron chi connectivity index (χ2n) is 5.67. The summed E-state index contributed by atoms with van der Waals surface area (Å²) in [5.74, 6) is 0.565. The Kier molecular flexibility index (Phi) is 5.73.